The van der Waals surface area contributed by atoms with E-state index in [1.165, 1.54) is 0 Å². The molecule has 0 bridgehead atoms. The van der Waals surface area contributed by atoms with Crippen molar-refractivity contribution in [2.45, 2.75) is 6.92 Å². The standard InChI is InChI=1S/C23H22N4O2/c1-14-10-16(8-9-20(14)29-4)21-19-12-18(13-24-22(19)26-25-21)15-6-5-7-17(11-15)23(28)27(2)3/h5-13H,1-4H3,(H,24,25,26). The molecule has 6 heteroatoms. The molecular formula is C23H22N4O2. The first-order valence-corrected chi connectivity index (χ1v) is 9.29. The molecule has 2 aromatic carbocycles. The number of pyridine rings is 1. The molecule has 4 rings (SSSR count). The molecule has 0 unspecified atom stereocenters. The minimum atomic E-state index is -0.0291. The lowest BCUT2D eigenvalue weighted by Gasteiger charge is -2.11. The molecule has 4 aromatic rings. The average molecular weight is 386 g/mol. The summed E-state index contributed by atoms with van der Waals surface area (Å²) in [6, 6.07) is 15.7. The first-order valence-electron chi connectivity index (χ1n) is 9.29. The molecule has 0 fully saturated rings. The van der Waals surface area contributed by atoms with Crippen LogP contribution in [0.15, 0.2) is 54.7 Å². The van der Waals surface area contributed by atoms with Gasteiger partial charge in [-0.25, -0.2) is 4.98 Å². The number of carbonyl (C=O) groups excluding carboxylic acids is 1. The highest BCUT2D eigenvalue weighted by Gasteiger charge is 2.13. The molecule has 0 aliphatic rings. The van der Waals surface area contributed by atoms with Crippen molar-refractivity contribution in [3.8, 4) is 28.1 Å². The Bertz CT molecular complexity index is 1210. The van der Waals surface area contributed by atoms with Crippen molar-refractivity contribution < 1.29 is 9.53 Å². The van der Waals surface area contributed by atoms with Crippen LogP contribution in [0.5, 0.6) is 5.75 Å². The van der Waals surface area contributed by atoms with E-state index in [1.54, 1.807) is 32.3 Å². The number of nitrogens with one attached hydrogen (secondary N) is 1. The minimum absolute atomic E-state index is 0.0291. The van der Waals surface area contributed by atoms with Crippen LogP contribution in [0.4, 0.5) is 0 Å². The Morgan fingerprint density at radius 3 is 2.59 bits per heavy atom. The quantitative estimate of drug-likeness (QED) is 0.567. The first kappa shape index (κ1) is 18.7. The maximum absolute atomic E-state index is 12.3. The van der Waals surface area contributed by atoms with Crippen LogP contribution in [0, 0.1) is 6.92 Å². The van der Waals surface area contributed by atoms with Crippen molar-refractivity contribution in [1.29, 1.82) is 0 Å². The number of ether oxygens (including phenoxy) is 1. The molecule has 0 radical (unpaired) electrons. The molecule has 2 heterocycles. The summed E-state index contributed by atoms with van der Waals surface area (Å²) in [6.07, 6.45) is 1.78. The predicted molar refractivity (Wildman–Crippen MR) is 114 cm³/mol. The van der Waals surface area contributed by atoms with Gasteiger partial charge >= 0.3 is 0 Å². The third kappa shape index (κ3) is 3.45. The normalized spacial score (nSPS) is 10.9. The highest BCUT2D eigenvalue weighted by molar-refractivity contribution is 5.96. The second-order valence-electron chi connectivity index (χ2n) is 7.16. The van der Waals surface area contributed by atoms with Crippen molar-refractivity contribution in [2.24, 2.45) is 0 Å². The fourth-order valence-electron chi connectivity index (χ4n) is 3.40. The largest absolute Gasteiger partial charge is 0.496 e. The van der Waals surface area contributed by atoms with Gasteiger partial charge in [-0.3, -0.25) is 9.89 Å². The number of hydrogen-bond acceptors (Lipinski definition) is 4. The third-order valence-electron chi connectivity index (χ3n) is 4.94. The molecule has 6 nitrogen and oxygen atoms in total. The Kier molecular flexibility index (Phi) is 4.76. The number of carbonyl (C=O) groups is 1. The highest BCUT2D eigenvalue weighted by Crippen LogP contribution is 2.31. The molecule has 0 atom stereocenters. The number of nitrogens with zero attached hydrogens (tertiary/aromatic N) is 3. The molecule has 146 valence electrons. The van der Waals surface area contributed by atoms with Crippen LogP contribution < -0.4 is 4.74 Å². The van der Waals surface area contributed by atoms with Crippen LogP contribution in [0.1, 0.15) is 15.9 Å². The lowest BCUT2D eigenvalue weighted by Crippen LogP contribution is -2.21. The SMILES string of the molecule is COc1ccc(-c2[nH]nc3ncc(-c4cccc(C(=O)N(C)C)c4)cc23)cc1C. The van der Waals surface area contributed by atoms with Crippen LogP contribution in [-0.2, 0) is 0 Å². The Hall–Kier alpha value is -3.67. The van der Waals surface area contributed by atoms with Gasteiger partial charge in [-0.15, -0.1) is 0 Å². The molecule has 2 aromatic heterocycles. The fraction of sp³-hybridized carbons (Fsp3) is 0.174. The zero-order valence-electron chi connectivity index (χ0n) is 16.9. The number of methoxy groups -OCH3 is 1. The van der Waals surface area contributed by atoms with Crippen molar-refractivity contribution >= 4 is 16.9 Å². The van der Waals surface area contributed by atoms with Gasteiger partial charge in [0.1, 0.15) is 5.75 Å². The van der Waals surface area contributed by atoms with Crippen molar-refractivity contribution in [1.82, 2.24) is 20.1 Å². The van der Waals surface area contributed by atoms with E-state index in [1.807, 2.05) is 43.3 Å². The van der Waals surface area contributed by atoms with Gasteiger partial charge < -0.3 is 9.64 Å². The number of fused-ring (bicyclic) bond motifs is 1. The van der Waals surface area contributed by atoms with Crippen molar-refractivity contribution in [3.05, 3.63) is 65.9 Å². The Morgan fingerprint density at radius 1 is 1.03 bits per heavy atom. The summed E-state index contributed by atoms with van der Waals surface area (Å²) in [6.45, 7) is 2.01. The monoisotopic (exact) mass is 386 g/mol. The van der Waals surface area contributed by atoms with Crippen LogP contribution in [0.2, 0.25) is 0 Å². The molecule has 0 saturated carbocycles. The molecule has 0 spiro atoms. The molecule has 1 N–H and O–H groups in total. The van der Waals surface area contributed by atoms with Crippen molar-refractivity contribution in [2.75, 3.05) is 21.2 Å². The van der Waals surface area contributed by atoms with E-state index in [4.69, 9.17) is 4.74 Å². The summed E-state index contributed by atoms with van der Waals surface area (Å²) in [4.78, 5) is 18.4. The second-order valence-corrected chi connectivity index (χ2v) is 7.16. The van der Waals surface area contributed by atoms with E-state index in [-0.39, 0.29) is 5.91 Å². The summed E-state index contributed by atoms with van der Waals surface area (Å²) in [7, 11) is 5.16. The summed E-state index contributed by atoms with van der Waals surface area (Å²) in [5, 5.41) is 8.37. The van der Waals surface area contributed by atoms with Gasteiger partial charge in [-0.2, -0.15) is 5.10 Å². The van der Waals surface area contributed by atoms with Gasteiger partial charge in [0.25, 0.3) is 5.91 Å². The molecule has 0 aliphatic heterocycles. The van der Waals surface area contributed by atoms with Gasteiger partial charge in [-0.05, 0) is 54.4 Å². The number of amides is 1. The molecular weight excluding hydrogens is 364 g/mol. The number of rotatable bonds is 4. The van der Waals surface area contributed by atoms with E-state index in [0.717, 1.165) is 39.1 Å². The van der Waals surface area contributed by atoms with Crippen LogP contribution >= 0.6 is 0 Å². The maximum atomic E-state index is 12.3. The Labute approximate surface area is 169 Å². The van der Waals surface area contributed by atoms with Gasteiger partial charge in [-0.1, -0.05) is 12.1 Å². The Balaban J connectivity index is 1.79. The number of benzene rings is 2. The number of aromatic amines is 1. The zero-order chi connectivity index (χ0) is 20.5. The molecule has 1 amide bonds. The zero-order valence-corrected chi connectivity index (χ0v) is 16.9. The number of hydrogen-bond donors (Lipinski definition) is 1. The number of H-pyrrole nitrogens is 1. The minimum Gasteiger partial charge on any atom is -0.496 e. The average Bonchev–Trinajstić information content (AvgIpc) is 3.16. The van der Waals surface area contributed by atoms with Crippen molar-refractivity contribution in [3.63, 3.8) is 0 Å². The van der Waals surface area contributed by atoms with Gasteiger partial charge in [0, 0.05) is 42.4 Å². The smallest absolute Gasteiger partial charge is 0.253 e. The maximum Gasteiger partial charge on any atom is 0.253 e. The lowest BCUT2D eigenvalue weighted by atomic mass is 10.0. The summed E-state index contributed by atoms with van der Waals surface area (Å²) >= 11 is 0. The van der Waals surface area contributed by atoms with E-state index >= 15 is 0 Å². The van der Waals surface area contributed by atoms with E-state index in [0.29, 0.717) is 11.2 Å². The van der Waals surface area contributed by atoms with Crippen LogP contribution in [0.3, 0.4) is 0 Å². The number of aromatic nitrogens is 3. The number of aryl methyl sites for hydroxylation is 1. The first-order chi connectivity index (χ1) is 14.0. The van der Waals surface area contributed by atoms with Gasteiger partial charge in [0.15, 0.2) is 5.65 Å². The highest BCUT2D eigenvalue weighted by atomic mass is 16.5. The molecule has 0 aliphatic carbocycles. The topological polar surface area (TPSA) is 71.1 Å². The van der Waals surface area contributed by atoms with Gasteiger partial charge in [0.2, 0.25) is 0 Å². The predicted octanol–water partition coefficient (Wildman–Crippen LogP) is 4.31. The van der Waals surface area contributed by atoms with Crippen LogP contribution in [0.25, 0.3) is 33.4 Å². The van der Waals surface area contributed by atoms with Gasteiger partial charge in [0.05, 0.1) is 12.8 Å². The fourth-order valence-corrected chi connectivity index (χ4v) is 3.40. The van der Waals surface area contributed by atoms with E-state index < -0.39 is 0 Å². The Morgan fingerprint density at radius 2 is 1.86 bits per heavy atom. The summed E-state index contributed by atoms with van der Waals surface area (Å²) < 4.78 is 5.36. The summed E-state index contributed by atoms with van der Waals surface area (Å²) in [5.41, 5.74) is 6.13. The lowest BCUT2D eigenvalue weighted by molar-refractivity contribution is 0.0827. The molecule has 0 saturated heterocycles. The third-order valence-corrected chi connectivity index (χ3v) is 4.94. The summed E-state index contributed by atoms with van der Waals surface area (Å²) in [5.74, 6) is 0.817. The van der Waals surface area contributed by atoms with Crippen LogP contribution in [-0.4, -0.2) is 47.2 Å². The van der Waals surface area contributed by atoms with E-state index in [9.17, 15) is 4.79 Å². The molecule has 29 heavy (non-hydrogen) atoms. The van der Waals surface area contributed by atoms with E-state index in [2.05, 4.69) is 27.3 Å². The second kappa shape index (κ2) is 7.39.